The van der Waals surface area contributed by atoms with E-state index in [0.29, 0.717) is 24.0 Å². The molecule has 2 aromatic rings. The van der Waals surface area contributed by atoms with Crippen LogP contribution in [0.2, 0.25) is 0 Å². The minimum atomic E-state index is -0.725. The van der Waals surface area contributed by atoms with Crippen LogP contribution in [0.3, 0.4) is 0 Å². The third-order valence-corrected chi connectivity index (χ3v) is 5.84. The van der Waals surface area contributed by atoms with E-state index in [2.05, 4.69) is 23.7 Å². The summed E-state index contributed by atoms with van der Waals surface area (Å²) in [6.07, 6.45) is 3.04. The van der Waals surface area contributed by atoms with Gasteiger partial charge in [0.2, 0.25) is 0 Å². The van der Waals surface area contributed by atoms with Gasteiger partial charge < -0.3 is 19.7 Å². The standard InChI is InChI=1S/C28H26O5/c1-17-12-22(32-4)15-24-23(17)8-9-25(30)26(24)27(31)33-21-7-5-6-18-13-20(29)14-19(18)10-11-28(2,3)16-21/h6,8-9,12,14-15,20-21,29-30H,13,16H2,1-4H3/b18-6-. The van der Waals surface area contributed by atoms with Crippen molar-refractivity contribution < 1.29 is 24.5 Å². The molecule has 2 atom stereocenters. The predicted octanol–water partition coefficient (Wildman–Crippen LogP) is 4.44. The molecule has 0 bridgehead atoms. The number of phenolic OH excluding ortho intramolecular Hbond substituents is 1. The number of aliphatic hydroxyl groups excluding tert-OH is 1. The first-order valence-electron chi connectivity index (χ1n) is 10.8. The second-order valence-corrected chi connectivity index (χ2v) is 9.04. The Morgan fingerprint density at radius 2 is 2.00 bits per heavy atom. The summed E-state index contributed by atoms with van der Waals surface area (Å²) in [4.78, 5) is 13.3. The Labute approximate surface area is 193 Å². The zero-order valence-corrected chi connectivity index (χ0v) is 19.2. The Morgan fingerprint density at radius 3 is 2.76 bits per heavy atom. The normalized spacial score (nSPS) is 22.5. The average Bonchev–Trinajstić information content (AvgIpc) is 3.10. The van der Waals surface area contributed by atoms with Crippen LogP contribution in [-0.4, -0.2) is 35.5 Å². The van der Waals surface area contributed by atoms with Gasteiger partial charge in [-0.15, -0.1) is 0 Å². The number of aliphatic hydroxyl groups is 1. The van der Waals surface area contributed by atoms with Gasteiger partial charge in [-0.05, 0) is 67.6 Å². The fourth-order valence-corrected chi connectivity index (χ4v) is 4.14. The maximum atomic E-state index is 13.3. The van der Waals surface area contributed by atoms with Crippen LogP contribution in [0, 0.1) is 36.0 Å². The molecule has 33 heavy (non-hydrogen) atoms. The number of allylic oxidation sites excluding steroid dienone is 2. The van der Waals surface area contributed by atoms with Gasteiger partial charge in [0.05, 0.1) is 13.2 Å². The number of aromatic hydroxyl groups is 1. The molecule has 5 heteroatoms. The average molecular weight is 443 g/mol. The van der Waals surface area contributed by atoms with E-state index in [4.69, 9.17) is 9.47 Å². The fraction of sp³-hybridized carbons (Fsp3) is 0.321. The highest BCUT2D eigenvalue weighted by Gasteiger charge is 2.27. The lowest BCUT2D eigenvalue weighted by atomic mass is 9.86. The van der Waals surface area contributed by atoms with Crippen molar-refractivity contribution in [3.8, 4) is 35.2 Å². The highest BCUT2D eigenvalue weighted by atomic mass is 16.5. The Morgan fingerprint density at radius 1 is 1.21 bits per heavy atom. The first-order valence-corrected chi connectivity index (χ1v) is 10.8. The van der Waals surface area contributed by atoms with E-state index in [-0.39, 0.29) is 11.3 Å². The minimum absolute atomic E-state index is 0.0831. The van der Waals surface area contributed by atoms with Gasteiger partial charge in [-0.25, -0.2) is 4.79 Å². The number of hydrogen-bond donors (Lipinski definition) is 2. The van der Waals surface area contributed by atoms with Gasteiger partial charge >= 0.3 is 5.97 Å². The lowest BCUT2D eigenvalue weighted by Crippen LogP contribution is -2.24. The molecule has 0 aromatic heterocycles. The summed E-state index contributed by atoms with van der Waals surface area (Å²) < 4.78 is 11.2. The minimum Gasteiger partial charge on any atom is -0.507 e. The van der Waals surface area contributed by atoms with Crippen LogP contribution < -0.4 is 4.74 Å². The van der Waals surface area contributed by atoms with Gasteiger partial charge in [0, 0.05) is 29.2 Å². The van der Waals surface area contributed by atoms with Crippen molar-refractivity contribution in [1.29, 1.82) is 0 Å². The third-order valence-electron chi connectivity index (χ3n) is 5.84. The van der Waals surface area contributed by atoms with E-state index in [1.54, 1.807) is 31.4 Å². The van der Waals surface area contributed by atoms with Crippen molar-refractivity contribution in [2.75, 3.05) is 7.11 Å². The topological polar surface area (TPSA) is 76.0 Å². The van der Waals surface area contributed by atoms with Gasteiger partial charge in [0.1, 0.15) is 17.1 Å². The van der Waals surface area contributed by atoms with Crippen molar-refractivity contribution >= 4 is 16.7 Å². The second kappa shape index (κ2) is 8.70. The molecule has 2 unspecified atom stereocenters. The third kappa shape index (κ3) is 4.75. The molecule has 2 aliphatic carbocycles. The first kappa shape index (κ1) is 22.5. The number of rotatable bonds is 3. The molecule has 2 aromatic carbocycles. The summed E-state index contributed by atoms with van der Waals surface area (Å²) in [5, 5.41) is 21.9. The molecule has 4 rings (SSSR count). The number of benzene rings is 2. The van der Waals surface area contributed by atoms with Crippen molar-refractivity contribution in [2.24, 2.45) is 5.41 Å². The molecule has 5 nitrogen and oxygen atoms in total. The largest absolute Gasteiger partial charge is 0.507 e. The van der Waals surface area contributed by atoms with Gasteiger partial charge in [-0.1, -0.05) is 29.7 Å². The molecule has 0 spiro atoms. The highest BCUT2D eigenvalue weighted by molar-refractivity contribution is 6.08. The van der Waals surface area contributed by atoms with Crippen LogP contribution in [0.5, 0.6) is 11.5 Å². The number of hydrogen-bond acceptors (Lipinski definition) is 5. The van der Waals surface area contributed by atoms with Crippen molar-refractivity contribution in [1.82, 2.24) is 0 Å². The maximum Gasteiger partial charge on any atom is 0.343 e. The van der Waals surface area contributed by atoms with Gasteiger partial charge in [0.25, 0.3) is 0 Å². The number of ether oxygens (including phenoxy) is 2. The van der Waals surface area contributed by atoms with Crippen LogP contribution in [0.4, 0.5) is 0 Å². The smallest absolute Gasteiger partial charge is 0.343 e. The Balaban J connectivity index is 1.71. The van der Waals surface area contributed by atoms with Crippen molar-refractivity contribution in [3.63, 3.8) is 0 Å². The predicted molar refractivity (Wildman–Crippen MR) is 127 cm³/mol. The van der Waals surface area contributed by atoms with Crippen LogP contribution in [0.15, 0.2) is 47.6 Å². The van der Waals surface area contributed by atoms with Gasteiger partial charge in [0.15, 0.2) is 6.10 Å². The van der Waals surface area contributed by atoms with E-state index >= 15 is 0 Å². The number of fused-ring (bicyclic) bond motifs is 2. The van der Waals surface area contributed by atoms with Gasteiger partial charge in [-0.3, -0.25) is 0 Å². The molecule has 2 N–H and O–H groups in total. The zero-order valence-electron chi connectivity index (χ0n) is 19.2. The summed E-state index contributed by atoms with van der Waals surface area (Å²) in [6, 6.07) is 6.86. The summed E-state index contributed by atoms with van der Waals surface area (Å²) in [5.74, 6) is 12.2. The molecule has 0 fully saturated rings. The summed E-state index contributed by atoms with van der Waals surface area (Å²) in [6.45, 7) is 5.84. The lowest BCUT2D eigenvalue weighted by Gasteiger charge is -2.23. The number of phenols is 1. The van der Waals surface area contributed by atoms with Gasteiger partial charge in [-0.2, -0.15) is 0 Å². The summed E-state index contributed by atoms with van der Waals surface area (Å²) in [7, 11) is 1.55. The van der Waals surface area contributed by atoms with Crippen LogP contribution >= 0.6 is 0 Å². The molecule has 168 valence electrons. The quantitative estimate of drug-likeness (QED) is 0.543. The van der Waals surface area contributed by atoms with E-state index < -0.39 is 23.6 Å². The number of methoxy groups -OCH3 is 1. The van der Waals surface area contributed by atoms with Crippen LogP contribution in [0.25, 0.3) is 10.8 Å². The number of carbonyl (C=O) groups is 1. The monoisotopic (exact) mass is 442 g/mol. The number of aryl methyl sites for hydroxylation is 1. The molecular weight excluding hydrogens is 416 g/mol. The van der Waals surface area contributed by atoms with E-state index in [9.17, 15) is 15.0 Å². The second-order valence-electron chi connectivity index (χ2n) is 9.04. The molecule has 0 heterocycles. The molecule has 2 aliphatic rings. The molecule has 0 saturated carbocycles. The Hall–Kier alpha value is -3.67. The number of esters is 1. The summed E-state index contributed by atoms with van der Waals surface area (Å²) in [5.41, 5.74) is 2.18. The molecule has 0 saturated heterocycles. The van der Waals surface area contributed by atoms with Crippen LogP contribution in [-0.2, 0) is 4.74 Å². The summed E-state index contributed by atoms with van der Waals surface area (Å²) >= 11 is 0. The Kier molecular flexibility index (Phi) is 5.93. The zero-order chi connectivity index (χ0) is 23.8. The maximum absolute atomic E-state index is 13.3. The molecule has 0 amide bonds. The van der Waals surface area contributed by atoms with E-state index in [1.165, 1.54) is 6.07 Å². The first-order chi connectivity index (χ1) is 15.7. The van der Waals surface area contributed by atoms with Crippen molar-refractivity contribution in [3.05, 3.63) is 58.7 Å². The van der Waals surface area contributed by atoms with Crippen molar-refractivity contribution in [2.45, 2.75) is 45.8 Å². The Bertz CT molecular complexity index is 1320. The van der Waals surface area contributed by atoms with E-state index in [1.807, 2.05) is 26.8 Å². The number of carbonyl (C=O) groups excluding carboxylic acids is 1. The molecular formula is C28H26O5. The molecule has 0 aliphatic heterocycles. The lowest BCUT2D eigenvalue weighted by molar-refractivity contribution is 0.0357. The SMILES string of the molecule is COc1cc(C)c2ccc(O)c(C(=O)OC3C#C/C=C4/CC(O)C=C4C#CC(C)(C)C3)c2c1. The highest BCUT2D eigenvalue weighted by Crippen LogP contribution is 2.34. The fourth-order valence-electron chi connectivity index (χ4n) is 4.14. The van der Waals surface area contributed by atoms with Crippen LogP contribution in [0.1, 0.15) is 42.6 Å². The van der Waals surface area contributed by atoms with E-state index in [0.717, 1.165) is 22.1 Å². The molecule has 0 radical (unpaired) electrons.